The third kappa shape index (κ3) is 18.0. The Morgan fingerprint density at radius 2 is 1.02 bits per heavy atom. The van der Waals surface area contributed by atoms with Gasteiger partial charge in [-0.3, -0.25) is 14.5 Å². The Bertz CT molecular complexity index is 1900. The number of carbonyl (C=O) groups excluding carboxylic acids is 4. The van der Waals surface area contributed by atoms with E-state index in [1.807, 2.05) is 4.90 Å². The third-order valence-electron chi connectivity index (χ3n) is 7.94. The van der Waals surface area contributed by atoms with Gasteiger partial charge in [-0.15, -0.1) is 10.2 Å². The molecule has 3 aromatic rings. The summed E-state index contributed by atoms with van der Waals surface area (Å²) in [5.41, 5.74) is -1.21. The Hall–Kier alpha value is -4.75. The summed E-state index contributed by atoms with van der Waals surface area (Å²) in [4.78, 5) is 54.0. The van der Waals surface area contributed by atoms with Crippen molar-refractivity contribution in [3.8, 4) is 0 Å². The number of nitrogens with zero attached hydrogens (tertiary/aromatic N) is 7. The number of sulfonamides is 1. The van der Waals surface area contributed by atoms with Crippen LogP contribution in [0.25, 0.3) is 0 Å². The SMILES string of the molecule is CC(C)(C)OC(=O)CC[C@@H](C(=O)OC(C)(C)C)n1cc(CN(CCc2ccc(S(N)(=O)=O)cc2)Cc2cn([C@@H](CCC(=O)OC(C)(C)C)C(=O)OC(C)(C)C)nn2)nn1. The van der Waals surface area contributed by atoms with Crippen LogP contribution in [0, 0.1) is 0 Å². The Morgan fingerprint density at radius 1 is 0.644 bits per heavy atom. The van der Waals surface area contributed by atoms with Gasteiger partial charge in [0, 0.05) is 32.5 Å². The zero-order chi connectivity index (χ0) is 44.6. The summed E-state index contributed by atoms with van der Waals surface area (Å²) in [5.74, 6) is -2.11. The molecule has 0 aliphatic heterocycles. The van der Waals surface area contributed by atoms with Gasteiger partial charge in [0.25, 0.3) is 0 Å². The van der Waals surface area contributed by atoms with Crippen molar-refractivity contribution in [3.63, 3.8) is 0 Å². The fourth-order valence-electron chi connectivity index (χ4n) is 5.63. The molecule has 0 amide bonds. The minimum Gasteiger partial charge on any atom is -0.460 e. The molecular weight excluding hydrogens is 785 g/mol. The number of esters is 4. The van der Waals surface area contributed by atoms with E-state index in [0.29, 0.717) is 24.4 Å². The summed E-state index contributed by atoms with van der Waals surface area (Å²) in [6.07, 6.45) is 3.68. The molecule has 0 saturated carbocycles. The lowest BCUT2D eigenvalue weighted by Gasteiger charge is -2.24. The number of aromatic nitrogens is 6. The van der Waals surface area contributed by atoms with Crippen molar-refractivity contribution in [2.75, 3.05) is 6.54 Å². The molecule has 2 N–H and O–H groups in total. The molecule has 2 heterocycles. The van der Waals surface area contributed by atoms with Crippen LogP contribution in [0.3, 0.4) is 0 Å². The largest absolute Gasteiger partial charge is 0.460 e. The molecule has 2 atom stereocenters. The van der Waals surface area contributed by atoms with Crippen LogP contribution in [-0.2, 0) is 67.7 Å². The number of benzene rings is 1. The van der Waals surface area contributed by atoms with Gasteiger partial charge in [0.1, 0.15) is 22.4 Å². The van der Waals surface area contributed by atoms with Crippen LogP contribution in [0.2, 0.25) is 0 Å². The second-order valence-corrected chi connectivity index (χ2v) is 19.9. The summed E-state index contributed by atoms with van der Waals surface area (Å²) >= 11 is 0. The van der Waals surface area contributed by atoms with E-state index in [4.69, 9.17) is 24.1 Å². The van der Waals surface area contributed by atoms with Gasteiger partial charge >= 0.3 is 23.9 Å². The van der Waals surface area contributed by atoms with E-state index in [0.717, 1.165) is 5.56 Å². The van der Waals surface area contributed by atoms with Crippen molar-refractivity contribution in [2.24, 2.45) is 5.14 Å². The van der Waals surface area contributed by atoms with Crippen molar-refractivity contribution >= 4 is 33.9 Å². The lowest BCUT2D eigenvalue weighted by molar-refractivity contribution is -0.162. The Kier molecular flexibility index (Phi) is 16.1. The van der Waals surface area contributed by atoms with Crippen molar-refractivity contribution in [3.05, 3.63) is 53.6 Å². The summed E-state index contributed by atoms with van der Waals surface area (Å²) in [5, 5.41) is 22.5. The zero-order valence-electron chi connectivity index (χ0n) is 36.5. The highest BCUT2D eigenvalue weighted by molar-refractivity contribution is 7.89. The van der Waals surface area contributed by atoms with Crippen molar-refractivity contribution in [1.29, 1.82) is 0 Å². The Labute approximate surface area is 347 Å². The van der Waals surface area contributed by atoms with E-state index in [1.165, 1.54) is 21.5 Å². The third-order valence-corrected chi connectivity index (χ3v) is 8.86. The fourth-order valence-corrected chi connectivity index (χ4v) is 6.15. The average Bonchev–Trinajstić information content (AvgIpc) is 3.70. The number of rotatable bonds is 18. The van der Waals surface area contributed by atoms with Crippen LogP contribution in [0.5, 0.6) is 0 Å². The van der Waals surface area contributed by atoms with E-state index in [9.17, 15) is 27.6 Å². The molecule has 18 nitrogen and oxygen atoms in total. The predicted octanol–water partition coefficient (Wildman–Crippen LogP) is 4.77. The molecule has 59 heavy (non-hydrogen) atoms. The molecule has 0 aliphatic carbocycles. The first kappa shape index (κ1) is 48.6. The van der Waals surface area contributed by atoms with Crippen LogP contribution >= 0.6 is 0 Å². The Morgan fingerprint density at radius 3 is 1.36 bits per heavy atom. The number of nitrogens with two attached hydrogens (primary N) is 1. The van der Waals surface area contributed by atoms with Crippen LogP contribution in [-0.4, -0.2) is 96.1 Å². The van der Waals surface area contributed by atoms with Crippen LogP contribution in [0.1, 0.15) is 138 Å². The first-order chi connectivity index (χ1) is 27.0. The standard InChI is InChI=1S/C40H62N8O10S/c1-37(2,3)55-33(49)19-17-31(35(51)57-39(7,8)9)47-25-28(42-44-47)23-46(22-21-27-13-15-30(16-14-27)59(41,53)54)24-29-26-48(45-43-29)32(36(52)58-40(10,11)12)18-20-34(50)56-38(4,5)6/h13-16,25-26,31-32H,17-24H2,1-12H3,(H2,41,53,54)/t31-,32-/m0/s1. The molecule has 0 bridgehead atoms. The second-order valence-electron chi connectivity index (χ2n) is 18.4. The molecule has 3 rings (SSSR count). The molecule has 328 valence electrons. The predicted molar refractivity (Wildman–Crippen MR) is 216 cm³/mol. The molecule has 0 aliphatic rings. The number of hydrogen-bond donors (Lipinski definition) is 1. The summed E-state index contributed by atoms with van der Waals surface area (Å²) in [6.45, 7) is 21.9. The molecule has 19 heteroatoms. The van der Waals surface area contributed by atoms with Gasteiger partial charge in [0.05, 0.1) is 28.7 Å². The van der Waals surface area contributed by atoms with E-state index in [-0.39, 0.29) is 43.7 Å². The first-order valence-electron chi connectivity index (χ1n) is 19.5. The minimum atomic E-state index is -3.87. The summed E-state index contributed by atoms with van der Waals surface area (Å²) in [7, 11) is -3.87. The molecule has 0 saturated heterocycles. The van der Waals surface area contributed by atoms with Crippen molar-refractivity contribution in [2.45, 2.75) is 168 Å². The monoisotopic (exact) mass is 846 g/mol. The maximum atomic E-state index is 13.4. The highest BCUT2D eigenvalue weighted by Crippen LogP contribution is 2.24. The molecule has 0 spiro atoms. The molecule has 0 unspecified atom stereocenters. The van der Waals surface area contributed by atoms with E-state index in [1.54, 1.807) is 108 Å². The summed E-state index contributed by atoms with van der Waals surface area (Å²) in [6, 6.07) is 4.29. The Balaban J connectivity index is 1.92. The smallest absolute Gasteiger partial charge is 0.331 e. The molecular formula is C40H62N8O10S. The highest BCUT2D eigenvalue weighted by atomic mass is 32.2. The van der Waals surface area contributed by atoms with E-state index >= 15 is 0 Å². The van der Waals surface area contributed by atoms with Crippen molar-refractivity contribution < 1.29 is 46.5 Å². The molecule has 0 radical (unpaired) electrons. The maximum absolute atomic E-state index is 13.4. The van der Waals surface area contributed by atoms with E-state index in [2.05, 4.69) is 20.6 Å². The number of hydrogen-bond acceptors (Lipinski definition) is 15. The minimum absolute atomic E-state index is 0.0104. The van der Waals surface area contributed by atoms with Gasteiger partial charge in [0.15, 0.2) is 12.1 Å². The molecule has 1 aromatic carbocycles. The maximum Gasteiger partial charge on any atom is 0.331 e. The van der Waals surface area contributed by atoms with Crippen LogP contribution < -0.4 is 5.14 Å². The van der Waals surface area contributed by atoms with Gasteiger partial charge in [-0.2, -0.15) is 0 Å². The number of carbonyl (C=O) groups is 4. The van der Waals surface area contributed by atoms with Gasteiger partial charge in [-0.25, -0.2) is 32.5 Å². The van der Waals surface area contributed by atoms with Gasteiger partial charge in [-0.05, 0) is 120 Å². The lowest BCUT2D eigenvalue weighted by atomic mass is 10.1. The lowest BCUT2D eigenvalue weighted by Crippen LogP contribution is -2.31. The zero-order valence-corrected chi connectivity index (χ0v) is 37.3. The molecule has 2 aromatic heterocycles. The quantitative estimate of drug-likeness (QED) is 0.134. The van der Waals surface area contributed by atoms with Gasteiger partial charge in [0.2, 0.25) is 10.0 Å². The first-order valence-corrected chi connectivity index (χ1v) is 21.1. The molecule has 0 fully saturated rings. The van der Waals surface area contributed by atoms with Crippen LogP contribution in [0.4, 0.5) is 0 Å². The van der Waals surface area contributed by atoms with Gasteiger partial charge in [-0.1, -0.05) is 22.6 Å². The van der Waals surface area contributed by atoms with Crippen LogP contribution in [0.15, 0.2) is 41.6 Å². The highest BCUT2D eigenvalue weighted by Gasteiger charge is 2.31. The average molecular weight is 847 g/mol. The summed E-state index contributed by atoms with van der Waals surface area (Å²) < 4.78 is 48.7. The fraction of sp³-hybridized carbons (Fsp3) is 0.650. The van der Waals surface area contributed by atoms with E-state index < -0.39 is 68.4 Å². The normalized spacial score (nSPS) is 13.8. The topological polar surface area (TPSA) is 230 Å². The van der Waals surface area contributed by atoms with Crippen molar-refractivity contribution in [1.82, 2.24) is 34.9 Å². The van der Waals surface area contributed by atoms with Gasteiger partial charge < -0.3 is 18.9 Å². The number of primary sulfonamides is 1. The number of ether oxygens (including phenoxy) is 4. The second kappa shape index (κ2) is 19.5.